The molecule has 2 amide bonds. The third-order valence-electron chi connectivity index (χ3n) is 6.30. The molecule has 0 aliphatic carbocycles. The van der Waals surface area contributed by atoms with E-state index in [2.05, 4.69) is 15.7 Å². The first-order valence-electron chi connectivity index (χ1n) is 11.5. The van der Waals surface area contributed by atoms with E-state index >= 15 is 0 Å². The molecule has 7 nitrogen and oxygen atoms in total. The second-order valence-corrected chi connectivity index (χ2v) is 8.80. The van der Waals surface area contributed by atoms with Crippen LogP contribution in [-0.2, 0) is 18.0 Å². The van der Waals surface area contributed by atoms with Gasteiger partial charge in [-0.05, 0) is 17.7 Å². The standard InChI is InChI=1S/C25H26F5N5O2/c1-34-23(25(28,29)30)22(21(33-34)15-6-4-3-5-7-15)32-24(36)31-20-14-35(10-11-37-2)13-17(20)16-8-9-18(26)19(27)12-16/h3-9,12,17,20H,10-11,13-14H2,1-2H3,(H2,31,32,36)/t17-,20+/m0/s1. The van der Waals surface area contributed by atoms with E-state index < -0.39 is 47.2 Å². The maximum absolute atomic E-state index is 13.9. The number of hydrogen-bond donors (Lipinski definition) is 2. The fourth-order valence-corrected chi connectivity index (χ4v) is 4.60. The summed E-state index contributed by atoms with van der Waals surface area (Å²) in [5, 5.41) is 9.09. The van der Waals surface area contributed by atoms with E-state index in [4.69, 9.17) is 4.74 Å². The topological polar surface area (TPSA) is 71.4 Å². The lowest BCUT2D eigenvalue weighted by Crippen LogP contribution is -2.42. The van der Waals surface area contributed by atoms with Crippen molar-refractivity contribution in [1.29, 1.82) is 0 Å². The largest absolute Gasteiger partial charge is 0.435 e. The first-order valence-corrected chi connectivity index (χ1v) is 11.5. The first-order chi connectivity index (χ1) is 17.6. The third-order valence-corrected chi connectivity index (χ3v) is 6.30. The summed E-state index contributed by atoms with van der Waals surface area (Å²) in [5.41, 5.74) is -0.749. The van der Waals surface area contributed by atoms with E-state index in [1.54, 1.807) is 37.4 Å². The number of nitrogens with one attached hydrogen (secondary N) is 2. The highest BCUT2D eigenvalue weighted by atomic mass is 19.4. The summed E-state index contributed by atoms with van der Waals surface area (Å²) in [7, 11) is 2.70. The Hall–Kier alpha value is -3.51. The highest BCUT2D eigenvalue weighted by Gasteiger charge is 2.41. The number of nitrogens with zero attached hydrogens (tertiary/aromatic N) is 3. The molecule has 0 unspecified atom stereocenters. The number of likely N-dealkylation sites (tertiary alicyclic amines) is 1. The van der Waals surface area contributed by atoms with Gasteiger partial charge >= 0.3 is 12.2 Å². The average molecular weight is 524 g/mol. The molecule has 12 heteroatoms. The zero-order valence-corrected chi connectivity index (χ0v) is 20.1. The monoisotopic (exact) mass is 523 g/mol. The van der Waals surface area contributed by atoms with Crippen molar-refractivity contribution in [3.8, 4) is 11.3 Å². The van der Waals surface area contributed by atoms with Crippen LogP contribution in [0.15, 0.2) is 48.5 Å². The van der Waals surface area contributed by atoms with Gasteiger partial charge < -0.3 is 15.4 Å². The number of urea groups is 1. The molecule has 0 spiro atoms. The SMILES string of the molecule is COCCN1C[C@@H](NC(=O)Nc2c(-c3ccccc3)nn(C)c2C(F)(F)F)[C@H](c2ccc(F)c(F)c2)C1. The van der Waals surface area contributed by atoms with Gasteiger partial charge in [-0.15, -0.1) is 0 Å². The Morgan fingerprint density at radius 2 is 1.84 bits per heavy atom. The number of carbonyl (C=O) groups excluding carboxylic acids is 1. The molecule has 1 aliphatic heterocycles. The zero-order chi connectivity index (χ0) is 26.7. The van der Waals surface area contributed by atoms with Gasteiger partial charge in [0.15, 0.2) is 17.3 Å². The van der Waals surface area contributed by atoms with Crippen LogP contribution in [-0.4, -0.2) is 60.1 Å². The van der Waals surface area contributed by atoms with Gasteiger partial charge in [0.25, 0.3) is 0 Å². The van der Waals surface area contributed by atoms with E-state index in [9.17, 15) is 26.7 Å². The molecule has 2 N–H and O–H groups in total. The number of aromatic nitrogens is 2. The summed E-state index contributed by atoms with van der Waals surface area (Å²) >= 11 is 0. The summed E-state index contributed by atoms with van der Waals surface area (Å²) in [6.45, 7) is 1.68. The molecule has 0 bridgehead atoms. The predicted octanol–water partition coefficient (Wildman–Crippen LogP) is 4.62. The lowest BCUT2D eigenvalue weighted by molar-refractivity contribution is -0.143. The number of halogens is 5. The van der Waals surface area contributed by atoms with Crippen LogP contribution in [0, 0.1) is 11.6 Å². The van der Waals surface area contributed by atoms with Crippen molar-refractivity contribution in [2.24, 2.45) is 7.05 Å². The molecule has 198 valence electrons. The van der Waals surface area contributed by atoms with Crippen molar-refractivity contribution in [2.45, 2.75) is 18.1 Å². The lowest BCUT2D eigenvalue weighted by Gasteiger charge is -2.21. The quantitative estimate of drug-likeness (QED) is 0.444. The van der Waals surface area contributed by atoms with Crippen molar-refractivity contribution < 1.29 is 31.5 Å². The zero-order valence-electron chi connectivity index (χ0n) is 20.1. The molecule has 0 radical (unpaired) electrons. The second kappa shape index (κ2) is 10.9. The molecule has 1 aromatic heterocycles. The number of methoxy groups -OCH3 is 1. The number of ether oxygens (including phenoxy) is 1. The summed E-state index contributed by atoms with van der Waals surface area (Å²) in [4.78, 5) is 15.0. The van der Waals surface area contributed by atoms with Gasteiger partial charge in [0.1, 0.15) is 11.4 Å². The first kappa shape index (κ1) is 26.6. The Morgan fingerprint density at radius 1 is 1.11 bits per heavy atom. The minimum atomic E-state index is -4.78. The van der Waals surface area contributed by atoms with Crippen molar-refractivity contribution in [1.82, 2.24) is 20.0 Å². The number of benzene rings is 2. The molecule has 4 rings (SSSR count). The van der Waals surface area contributed by atoms with Crippen molar-refractivity contribution in [2.75, 3.05) is 38.7 Å². The Kier molecular flexibility index (Phi) is 7.79. The van der Waals surface area contributed by atoms with Crippen LogP contribution in [0.5, 0.6) is 0 Å². The molecular weight excluding hydrogens is 497 g/mol. The Morgan fingerprint density at radius 3 is 2.49 bits per heavy atom. The molecule has 2 aromatic carbocycles. The lowest BCUT2D eigenvalue weighted by atomic mass is 9.94. The van der Waals surface area contributed by atoms with E-state index in [1.807, 2.05) is 4.90 Å². The van der Waals surface area contributed by atoms with Gasteiger partial charge in [-0.25, -0.2) is 13.6 Å². The maximum atomic E-state index is 13.9. The molecule has 37 heavy (non-hydrogen) atoms. The molecule has 3 aromatic rings. The van der Waals surface area contributed by atoms with E-state index in [1.165, 1.54) is 6.07 Å². The highest BCUT2D eigenvalue weighted by Crippen LogP contribution is 2.40. The van der Waals surface area contributed by atoms with Gasteiger partial charge in [0.2, 0.25) is 0 Å². The van der Waals surface area contributed by atoms with Crippen molar-refractivity contribution in [3.05, 3.63) is 71.4 Å². The molecule has 1 saturated heterocycles. The molecule has 2 heterocycles. The number of rotatable bonds is 7. The van der Waals surface area contributed by atoms with Gasteiger partial charge in [-0.3, -0.25) is 9.58 Å². The van der Waals surface area contributed by atoms with Crippen LogP contribution in [0.2, 0.25) is 0 Å². The summed E-state index contributed by atoms with van der Waals surface area (Å²) < 4.78 is 75.0. The molecule has 0 saturated carbocycles. The molecule has 2 atom stereocenters. The van der Waals surface area contributed by atoms with Gasteiger partial charge in [0.05, 0.1) is 12.6 Å². The molecule has 1 fully saturated rings. The Labute approximate surface area is 210 Å². The second-order valence-electron chi connectivity index (χ2n) is 8.80. The summed E-state index contributed by atoms with van der Waals surface area (Å²) in [5.74, 6) is -2.44. The highest BCUT2D eigenvalue weighted by molar-refractivity contribution is 5.95. The minimum absolute atomic E-state index is 0.0316. The number of aryl methyl sites for hydroxylation is 1. The van der Waals surface area contributed by atoms with Crippen LogP contribution in [0.4, 0.5) is 32.4 Å². The van der Waals surface area contributed by atoms with E-state index in [0.717, 1.165) is 19.2 Å². The van der Waals surface area contributed by atoms with Crippen molar-refractivity contribution >= 4 is 11.7 Å². The smallest absolute Gasteiger partial charge is 0.383 e. The Balaban J connectivity index is 1.61. The van der Waals surface area contributed by atoms with Crippen molar-refractivity contribution in [3.63, 3.8) is 0 Å². The third kappa shape index (κ3) is 5.91. The van der Waals surface area contributed by atoms with Gasteiger partial charge in [0, 0.05) is 45.3 Å². The number of carbonyl (C=O) groups is 1. The summed E-state index contributed by atoms with van der Waals surface area (Å²) in [6, 6.07) is 10.3. The van der Waals surface area contributed by atoms with Crippen LogP contribution in [0.3, 0.4) is 0 Å². The fourth-order valence-electron chi connectivity index (χ4n) is 4.60. The molecular formula is C25H26F5N5O2. The van der Waals surface area contributed by atoms with Crippen LogP contribution in [0.25, 0.3) is 11.3 Å². The van der Waals surface area contributed by atoms with E-state index in [0.29, 0.717) is 42.0 Å². The molecule has 1 aliphatic rings. The average Bonchev–Trinajstić information content (AvgIpc) is 3.40. The number of anilines is 1. The van der Waals surface area contributed by atoms with E-state index in [-0.39, 0.29) is 5.69 Å². The predicted molar refractivity (Wildman–Crippen MR) is 127 cm³/mol. The summed E-state index contributed by atoms with van der Waals surface area (Å²) in [6.07, 6.45) is -4.78. The number of hydrogen-bond acceptors (Lipinski definition) is 4. The van der Waals surface area contributed by atoms with Crippen LogP contribution in [0.1, 0.15) is 17.2 Å². The van der Waals surface area contributed by atoms with Crippen LogP contribution >= 0.6 is 0 Å². The fraction of sp³-hybridized carbons (Fsp3) is 0.360. The van der Waals surface area contributed by atoms with Crippen LogP contribution < -0.4 is 10.6 Å². The normalized spacial score (nSPS) is 18.2. The minimum Gasteiger partial charge on any atom is -0.383 e. The number of amides is 2. The Bertz CT molecular complexity index is 1250. The maximum Gasteiger partial charge on any atom is 0.435 e. The van der Waals surface area contributed by atoms with Gasteiger partial charge in [-0.2, -0.15) is 18.3 Å². The van der Waals surface area contributed by atoms with Gasteiger partial charge in [-0.1, -0.05) is 36.4 Å². The number of alkyl halides is 3.